The van der Waals surface area contributed by atoms with Crippen molar-refractivity contribution in [1.82, 2.24) is 19.8 Å². The Morgan fingerprint density at radius 1 is 1.06 bits per heavy atom. The summed E-state index contributed by atoms with van der Waals surface area (Å²) in [6.45, 7) is 8.26. The first-order chi connectivity index (χ1) is 16.2. The van der Waals surface area contributed by atoms with Crippen molar-refractivity contribution in [2.45, 2.75) is 26.2 Å². The van der Waals surface area contributed by atoms with Gasteiger partial charge in [-0.15, -0.1) is 11.3 Å². The van der Waals surface area contributed by atoms with Crippen LogP contribution in [0.3, 0.4) is 0 Å². The van der Waals surface area contributed by atoms with Gasteiger partial charge in [0.15, 0.2) is 11.6 Å². The maximum atomic E-state index is 13.5. The van der Waals surface area contributed by atoms with E-state index in [0.29, 0.717) is 23.1 Å². The van der Waals surface area contributed by atoms with Crippen molar-refractivity contribution in [2.75, 3.05) is 52.5 Å². The van der Waals surface area contributed by atoms with Crippen LogP contribution in [0.5, 0.6) is 5.75 Å². The summed E-state index contributed by atoms with van der Waals surface area (Å²) in [7, 11) is 0. The molecule has 5 rings (SSSR count). The summed E-state index contributed by atoms with van der Waals surface area (Å²) in [6.07, 6.45) is 3.30. The number of likely N-dealkylation sites (tertiary alicyclic amines) is 1. The number of hydrogen-bond donors (Lipinski definition) is 0. The minimum atomic E-state index is 0.0553. The van der Waals surface area contributed by atoms with Gasteiger partial charge in [-0.1, -0.05) is 30.3 Å². The number of aryl methyl sites for hydroxylation is 1. The maximum Gasteiger partial charge on any atom is 0.267 e. The Morgan fingerprint density at radius 2 is 1.82 bits per heavy atom. The smallest absolute Gasteiger partial charge is 0.267 e. The van der Waals surface area contributed by atoms with Gasteiger partial charge < -0.3 is 14.4 Å². The van der Waals surface area contributed by atoms with Gasteiger partial charge in [-0.2, -0.15) is 0 Å². The summed E-state index contributed by atoms with van der Waals surface area (Å²) >= 11 is 1.43. The van der Waals surface area contributed by atoms with Gasteiger partial charge >= 0.3 is 0 Å². The number of amides is 1. The number of piperidine rings is 1. The van der Waals surface area contributed by atoms with Gasteiger partial charge in [0, 0.05) is 38.3 Å². The summed E-state index contributed by atoms with van der Waals surface area (Å²) in [5, 5.41) is 0.863. The van der Waals surface area contributed by atoms with Crippen LogP contribution in [0, 0.1) is 6.92 Å². The maximum absolute atomic E-state index is 13.5. The number of hydrogen-bond acceptors (Lipinski definition) is 7. The molecule has 2 saturated heterocycles. The molecule has 0 bridgehead atoms. The molecule has 2 aliphatic rings. The van der Waals surface area contributed by atoms with Gasteiger partial charge in [-0.25, -0.2) is 9.97 Å². The minimum Gasteiger partial charge on any atom is -0.490 e. The lowest BCUT2D eigenvalue weighted by atomic mass is 10.1. The molecule has 2 aliphatic heterocycles. The van der Waals surface area contributed by atoms with E-state index in [9.17, 15) is 4.79 Å². The van der Waals surface area contributed by atoms with Crippen LogP contribution in [0.25, 0.3) is 21.6 Å². The number of nitrogens with zero attached hydrogens (tertiary/aromatic N) is 4. The highest BCUT2D eigenvalue weighted by Gasteiger charge is 2.28. The summed E-state index contributed by atoms with van der Waals surface area (Å²) < 4.78 is 11.8. The van der Waals surface area contributed by atoms with E-state index in [-0.39, 0.29) is 5.91 Å². The summed E-state index contributed by atoms with van der Waals surface area (Å²) in [5.41, 5.74) is 1.81. The average molecular weight is 467 g/mol. The Balaban J connectivity index is 1.48. The molecule has 0 aliphatic carbocycles. The van der Waals surface area contributed by atoms with Crippen LogP contribution in [0.2, 0.25) is 0 Å². The van der Waals surface area contributed by atoms with Gasteiger partial charge in [-0.3, -0.25) is 9.69 Å². The lowest BCUT2D eigenvalue weighted by molar-refractivity contribution is 0.0323. The summed E-state index contributed by atoms with van der Waals surface area (Å²) in [6, 6.07) is 9.97. The first-order valence-electron chi connectivity index (χ1n) is 11.8. The number of ether oxygens (including phenoxy) is 2. The molecule has 33 heavy (non-hydrogen) atoms. The molecule has 2 fully saturated rings. The molecule has 174 valence electrons. The molecule has 1 aromatic carbocycles. The standard InChI is InChI=1S/C25H30N4O3S/c1-18-20-21(32-17-14-28-12-15-31-16-13-28)22(25(30)29-10-6-3-7-11-29)33-24(20)27-23(26-18)19-8-4-2-5-9-19/h2,4-5,8-9H,3,6-7,10-17H2,1H3. The van der Waals surface area contributed by atoms with Gasteiger partial charge in [0.1, 0.15) is 16.3 Å². The largest absolute Gasteiger partial charge is 0.490 e. The first kappa shape index (κ1) is 22.3. The van der Waals surface area contributed by atoms with Crippen molar-refractivity contribution in [3.63, 3.8) is 0 Å². The Labute approximate surface area is 198 Å². The molecule has 4 heterocycles. The number of aromatic nitrogens is 2. The van der Waals surface area contributed by atoms with Crippen molar-refractivity contribution in [3.8, 4) is 17.1 Å². The topological polar surface area (TPSA) is 67.8 Å². The predicted molar refractivity (Wildman–Crippen MR) is 130 cm³/mol. The van der Waals surface area contributed by atoms with E-state index >= 15 is 0 Å². The summed E-state index contributed by atoms with van der Waals surface area (Å²) in [5.74, 6) is 1.38. The minimum absolute atomic E-state index is 0.0553. The van der Waals surface area contributed by atoms with Crippen LogP contribution >= 0.6 is 11.3 Å². The van der Waals surface area contributed by atoms with Gasteiger partial charge in [0.2, 0.25) is 0 Å². The number of fused-ring (bicyclic) bond motifs is 1. The quantitative estimate of drug-likeness (QED) is 0.547. The Morgan fingerprint density at radius 3 is 2.58 bits per heavy atom. The third-order valence-corrected chi connectivity index (χ3v) is 7.37. The molecule has 0 atom stereocenters. The van der Waals surface area contributed by atoms with E-state index in [0.717, 1.165) is 80.3 Å². The van der Waals surface area contributed by atoms with Crippen molar-refractivity contribution in [2.24, 2.45) is 0 Å². The summed E-state index contributed by atoms with van der Waals surface area (Å²) in [4.78, 5) is 28.9. The highest BCUT2D eigenvalue weighted by atomic mass is 32.1. The number of carbonyl (C=O) groups is 1. The fraction of sp³-hybridized carbons (Fsp3) is 0.480. The molecule has 0 saturated carbocycles. The Kier molecular flexibility index (Phi) is 6.85. The van der Waals surface area contributed by atoms with E-state index in [4.69, 9.17) is 19.4 Å². The number of morpholine rings is 1. The molecule has 3 aromatic rings. The molecule has 2 aromatic heterocycles. The molecular weight excluding hydrogens is 436 g/mol. The zero-order valence-electron chi connectivity index (χ0n) is 19.1. The molecule has 0 unspecified atom stereocenters. The van der Waals surface area contributed by atoms with E-state index in [1.165, 1.54) is 17.8 Å². The third-order valence-electron chi connectivity index (χ3n) is 6.32. The monoisotopic (exact) mass is 466 g/mol. The molecule has 0 spiro atoms. The second-order valence-corrected chi connectivity index (χ2v) is 9.59. The van der Waals surface area contributed by atoms with Crippen LogP contribution in [0.1, 0.15) is 34.6 Å². The second kappa shape index (κ2) is 10.2. The van der Waals surface area contributed by atoms with Crippen LogP contribution in [0.4, 0.5) is 0 Å². The van der Waals surface area contributed by atoms with Gasteiger partial charge in [0.25, 0.3) is 5.91 Å². The molecule has 0 radical (unpaired) electrons. The predicted octanol–water partition coefficient (Wildman–Crippen LogP) is 4.00. The molecular formula is C25H30N4O3S. The molecule has 1 amide bonds. The van der Waals surface area contributed by atoms with E-state index in [1.54, 1.807) is 0 Å². The van der Waals surface area contributed by atoms with Gasteiger partial charge in [0.05, 0.1) is 24.3 Å². The number of carbonyl (C=O) groups excluding carboxylic acids is 1. The van der Waals surface area contributed by atoms with Crippen molar-refractivity contribution in [3.05, 3.63) is 40.9 Å². The zero-order valence-corrected chi connectivity index (χ0v) is 19.9. The van der Waals surface area contributed by atoms with Crippen molar-refractivity contribution >= 4 is 27.5 Å². The Bertz CT molecular complexity index is 1110. The lowest BCUT2D eigenvalue weighted by Gasteiger charge is -2.27. The van der Waals surface area contributed by atoms with Crippen LogP contribution in [0.15, 0.2) is 30.3 Å². The van der Waals surface area contributed by atoms with Gasteiger partial charge in [-0.05, 0) is 26.2 Å². The molecule has 0 N–H and O–H groups in total. The van der Waals surface area contributed by atoms with E-state index < -0.39 is 0 Å². The fourth-order valence-electron chi connectivity index (χ4n) is 4.48. The number of benzene rings is 1. The third kappa shape index (κ3) is 4.88. The van der Waals surface area contributed by atoms with Crippen LogP contribution in [-0.4, -0.2) is 78.2 Å². The highest BCUT2D eigenvalue weighted by Crippen LogP contribution is 2.40. The van der Waals surface area contributed by atoms with Crippen molar-refractivity contribution < 1.29 is 14.3 Å². The van der Waals surface area contributed by atoms with Crippen molar-refractivity contribution in [1.29, 1.82) is 0 Å². The number of thiophene rings is 1. The lowest BCUT2D eigenvalue weighted by Crippen LogP contribution is -2.38. The van der Waals surface area contributed by atoms with Crippen LogP contribution in [-0.2, 0) is 4.74 Å². The molecule has 7 nitrogen and oxygen atoms in total. The zero-order chi connectivity index (χ0) is 22.6. The second-order valence-electron chi connectivity index (χ2n) is 8.59. The normalized spacial score (nSPS) is 17.4. The molecule has 8 heteroatoms. The first-order valence-corrected chi connectivity index (χ1v) is 12.6. The number of rotatable bonds is 6. The SMILES string of the molecule is Cc1nc(-c2ccccc2)nc2sc(C(=O)N3CCCCC3)c(OCCN3CCOCC3)c12. The highest BCUT2D eigenvalue weighted by molar-refractivity contribution is 7.21. The fourth-order valence-corrected chi connectivity index (χ4v) is 5.61. The van der Waals surface area contributed by atoms with Crippen LogP contribution < -0.4 is 4.74 Å². The average Bonchev–Trinajstić information content (AvgIpc) is 3.24. The van der Waals surface area contributed by atoms with E-state index in [2.05, 4.69) is 4.90 Å². The Hall–Kier alpha value is -2.55. The van der Waals surface area contributed by atoms with E-state index in [1.807, 2.05) is 42.2 Å².